The zero-order valence-electron chi connectivity index (χ0n) is 15.3. The number of phenolic OH excluding ortho intramolecular Hbond substituents is 1. The quantitative estimate of drug-likeness (QED) is 0.559. The van der Waals surface area contributed by atoms with E-state index in [2.05, 4.69) is 16.3 Å². The molecule has 0 bridgehead atoms. The van der Waals surface area contributed by atoms with Crippen LogP contribution in [0, 0.1) is 17.1 Å². The minimum absolute atomic E-state index is 0.133. The molecule has 0 aliphatic rings. The zero-order valence-corrected chi connectivity index (χ0v) is 15.3. The van der Waals surface area contributed by atoms with E-state index in [0.29, 0.717) is 11.1 Å². The van der Waals surface area contributed by atoms with Crippen molar-refractivity contribution in [2.24, 2.45) is 0 Å². The van der Waals surface area contributed by atoms with Crippen molar-refractivity contribution >= 4 is 5.69 Å². The van der Waals surface area contributed by atoms with Crippen LogP contribution in [0.5, 0.6) is 5.75 Å². The summed E-state index contributed by atoms with van der Waals surface area (Å²) in [6.45, 7) is 0.171. The van der Waals surface area contributed by atoms with Crippen molar-refractivity contribution < 1.29 is 9.50 Å². The van der Waals surface area contributed by atoms with Crippen molar-refractivity contribution in [1.82, 2.24) is 14.9 Å². The second-order valence-electron chi connectivity index (χ2n) is 6.38. The number of nitriles is 1. The maximum Gasteiger partial charge on any atom is 0.139 e. The van der Waals surface area contributed by atoms with E-state index in [1.807, 2.05) is 36.4 Å². The monoisotopic (exact) mass is 385 g/mol. The standard InChI is InChI=1S/C22H16FN5O/c23-22-11-20(29)9-7-18(22)13-28(27-14-25-26-15-27)19-8-6-17(12-24)21(10-19)16-4-2-1-3-5-16/h1-11,14-15,29H,13H2. The lowest BCUT2D eigenvalue weighted by atomic mass is 9.99. The van der Waals surface area contributed by atoms with Crippen LogP contribution in [0.1, 0.15) is 11.1 Å². The Morgan fingerprint density at radius 3 is 2.45 bits per heavy atom. The summed E-state index contributed by atoms with van der Waals surface area (Å²) in [5.41, 5.74) is 3.34. The summed E-state index contributed by atoms with van der Waals surface area (Å²) in [4.78, 5) is 0. The fourth-order valence-electron chi connectivity index (χ4n) is 3.10. The summed E-state index contributed by atoms with van der Waals surface area (Å²) in [7, 11) is 0. The van der Waals surface area contributed by atoms with Gasteiger partial charge in [-0.2, -0.15) is 5.26 Å². The van der Waals surface area contributed by atoms with Crippen molar-refractivity contribution in [1.29, 1.82) is 5.26 Å². The van der Waals surface area contributed by atoms with Crippen LogP contribution in [-0.4, -0.2) is 20.0 Å². The van der Waals surface area contributed by atoms with Gasteiger partial charge in [0, 0.05) is 17.2 Å². The molecule has 0 fully saturated rings. The molecule has 0 saturated carbocycles. The van der Waals surface area contributed by atoms with Gasteiger partial charge in [0.25, 0.3) is 0 Å². The second-order valence-corrected chi connectivity index (χ2v) is 6.38. The van der Waals surface area contributed by atoms with Gasteiger partial charge in [-0.1, -0.05) is 36.4 Å². The molecule has 0 radical (unpaired) electrons. The molecule has 1 aromatic heterocycles. The molecular weight excluding hydrogens is 369 g/mol. The first-order valence-corrected chi connectivity index (χ1v) is 8.85. The fraction of sp³-hybridized carbons (Fsp3) is 0.0455. The Morgan fingerprint density at radius 1 is 1.00 bits per heavy atom. The summed E-state index contributed by atoms with van der Waals surface area (Å²) in [5, 5.41) is 28.5. The first-order valence-electron chi connectivity index (χ1n) is 8.85. The largest absolute Gasteiger partial charge is 0.508 e. The van der Waals surface area contributed by atoms with Crippen molar-refractivity contribution in [2.75, 3.05) is 5.01 Å². The lowest BCUT2D eigenvalue weighted by Gasteiger charge is -2.26. The number of aromatic nitrogens is 3. The van der Waals surface area contributed by atoms with Crippen LogP contribution < -0.4 is 5.01 Å². The van der Waals surface area contributed by atoms with E-state index in [1.54, 1.807) is 21.8 Å². The Morgan fingerprint density at radius 2 is 1.76 bits per heavy atom. The van der Waals surface area contributed by atoms with Gasteiger partial charge in [0.2, 0.25) is 0 Å². The summed E-state index contributed by atoms with van der Waals surface area (Å²) in [6, 6.07) is 21.3. The van der Waals surface area contributed by atoms with Gasteiger partial charge in [0.05, 0.1) is 23.9 Å². The van der Waals surface area contributed by atoms with Crippen LogP contribution in [0.25, 0.3) is 11.1 Å². The van der Waals surface area contributed by atoms with E-state index >= 15 is 0 Å². The molecule has 7 heteroatoms. The smallest absolute Gasteiger partial charge is 0.139 e. The Labute approximate surface area is 166 Å². The van der Waals surface area contributed by atoms with Crippen molar-refractivity contribution in [3.05, 3.63) is 96.3 Å². The number of nitrogens with zero attached hydrogens (tertiary/aromatic N) is 5. The maximum absolute atomic E-state index is 14.4. The summed E-state index contributed by atoms with van der Waals surface area (Å²) in [5.74, 6) is -0.646. The fourth-order valence-corrected chi connectivity index (χ4v) is 3.10. The molecule has 0 aliphatic carbocycles. The highest BCUT2D eigenvalue weighted by molar-refractivity contribution is 5.74. The van der Waals surface area contributed by atoms with Crippen molar-refractivity contribution in [3.63, 3.8) is 0 Å². The van der Waals surface area contributed by atoms with Gasteiger partial charge in [0.1, 0.15) is 24.2 Å². The number of anilines is 1. The Kier molecular flexibility index (Phi) is 4.91. The molecule has 142 valence electrons. The SMILES string of the molecule is N#Cc1ccc(N(Cc2ccc(O)cc2F)n2cnnc2)cc1-c1ccccc1. The molecular formula is C22H16FN5O. The molecule has 0 spiro atoms. The Hall–Kier alpha value is -4.18. The van der Waals surface area contributed by atoms with Gasteiger partial charge in [-0.05, 0) is 29.8 Å². The average Bonchev–Trinajstić information content (AvgIpc) is 3.28. The highest BCUT2D eigenvalue weighted by atomic mass is 19.1. The van der Waals surface area contributed by atoms with Gasteiger partial charge < -0.3 is 5.11 Å². The molecule has 0 amide bonds. The number of phenols is 1. The molecule has 1 heterocycles. The highest BCUT2D eigenvalue weighted by Gasteiger charge is 2.16. The predicted octanol–water partition coefficient (Wildman–Crippen LogP) is 4.13. The molecule has 4 aromatic rings. The van der Waals surface area contributed by atoms with Gasteiger partial charge >= 0.3 is 0 Å². The van der Waals surface area contributed by atoms with Crippen LogP contribution in [0.2, 0.25) is 0 Å². The van der Waals surface area contributed by atoms with Crippen LogP contribution >= 0.6 is 0 Å². The summed E-state index contributed by atoms with van der Waals surface area (Å²) < 4.78 is 16.0. The van der Waals surface area contributed by atoms with E-state index < -0.39 is 5.82 Å². The first kappa shape index (κ1) is 18.2. The number of hydrogen-bond acceptors (Lipinski definition) is 5. The third-order valence-corrected chi connectivity index (χ3v) is 4.55. The average molecular weight is 385 g/mol. The second kappa shape index (κ2) is 7.82. The topological polar surface area (TPSA) is 78.0 Å². The number of rotatable bonds is 5. The van der Waals surface area contributed by atoms with Gasteiger partial charge in [-0.15, -0.1) is 10.2 Å². The molecule has 1 N–H and O–H groups in total. The molecule has 0 saturated heterocycles. The van der Waals surface area contributed by atoms with Crippen LogP contribution in [0.4, 0.5) is 10.1 Å². The van der Waals surface area contributed by atoms with E-state index in [9.17, 15) is 14.8 Å². The third-order valence-electron chi connectivity index (χ3n) is 4.55. The van der Waals surface area contributed by atoms with E-state index in [-0.39, 0.29) is 12.3 Å². The number of halogens is 1. The molecule has 0 unspecified atom stereocenters. The molecule has 29 heavy (non-hydrogen) atoms. The van der Waals surface area contributed by atoms with Crippen molar-refractivity contribution in [3.8, 4) is 22.9 Å². The molecule has 6 nitrogen and oxygen atoms in total. The number of hydrogen-bond donors (Lipinski definition) is 1. The Balaban J connectivity index is 1.80. The molecule has 0 atom stereocenters. The molecule has 0 aliphatic heterocycles. The first-order chi connectivity index (χ1) is 14.2. The summed E-state index contributed by atoms with van der Waals surface area (Å²) >= 11 is 0. The van der Waals surface area contributed by atoms with Gasteiger partial charge in [0.15, 0.2) is 0 Å². The minimum Gasteiger partial charge on any atom is -0.508 e. The third kappa shape index (κ3) is 3.77. The summed E-state index contributed by atoms with van der Waals surface area (Å²) in [6.07, 6.45) is 3.03. The highest BCUT2D eigenvalue weighted by Crippen LogP contribution is 2.30. The lowest BCUT2D eigenvalue weighted by Crippen LogP contribution is -2.28. The van der Waals surface area contributed by atoms with E-state index in [4.69, 9.17) is 0 Å². The predicted molar refractivity (Wildman–Crippen MR) is 106 cm³/mol. The van der Waals surface area contributed by atoms with Gasteiger partial charge in [-0.25, -0.2) is 9.07 Å². The van der Waals surface area contributed by atoms with Crippen molar-refractivity contribution in [2.45, 2.75) is 6.54 Å². The minimum atomic E-state index is -0.514. The van der Waals surface area contributed by atoms with E-state index in [0.717, 1.165) is 22.9 Å². The van der Waals surface area contributed by atoms with E-state index in [1.165, 1.54) is 24.8 Å². The van der Waals surface area contributed by atoms with Crippen LogP contribution in [-0.2, 0) is 6.54 Å². The maximum atomic E-state index is 14.4. The van der Waals surface area contributed by atoms with Gasteiger partial charge in [-0.3, -0.25) is 5.01 Å². The lowest BCUT2D eigenvalue weighted by molar-refractivity contribution is 0.467. The molecule has 4 rings (SSSR count). The normalized spacial score (nSPS) is 10.5. The van der Waals surface area contributed by atoms with Crippen LogP contribution in [0.3, 0.4) is 0 Å². The Bertz CT molecular complexity index is 1170. The van der Waals surface area contributed by atoms with Crippen LogP contribution in [0.15, 0.2) is 79.4 Å². The zero-order chi connectivity index (χ0) is 20.2. The molecule has 3 aromatic carbocycles. The number of benzene rings is 3. The number of aromatic hydroxyl groups is 1.